The number of nitrogens with one attached hydrogen (secondary N) is 1. The highest BCUT2D eigenvalue weighted by molar-refractivity contribution is 7.89. The number of sulfonamides is 1. The molecule has 23 heavy (non-hydrogen) atoms. The molecule has 9 heteroatoms. The lowest BCUT2D eigenvalue weighted by Gasteiger charge is -2.18. The summed E-state index contributed by atoms with van der Waals surface area (Å²) >= 11 is 0. The lowest BCUT2D eigenvalue weighted by molar-refractivity contribution is -0.387. The Hall–Kier alpha value is -2.00. The maximum Gasteiger partial charge on any atom is 0.289 e. The van der Waals surface area contributed by atoms with Gasteiger partial charge in [0.1, 0.15) is 0 Å². The highest BCUT2D eigenvalue weighted by Gasteiger charge is 2.36. The minimum absolute atomic E-state index is 0.388. The number of aryl methyl sites for hydroxylation is 2. The second-order valence-electron chi connectivity index (χ2n) is 5.83. The van der Waals surface area contributed by atoms with Crippen LogP contribution < -0.4 is 10.5 Å². The van der Waals surface area contributed by atoms with Gasteiger partial charge in [-0.15, -0.1) is 0 Å². The first-order valence-electron chi connectivity index (χ1n) is 7.21. The van der Waals surface area contributed by atoms with Crippen LogP contribution in [-0.4, -0.2) is 25.3 Å². The van der Waals surface area contributed by atoms with Crippen molar-refractivity contribution in [1.29, 1.82) is 0 Å². The number of nitrogens with two attached hydrogens (primary N) is 1. The van der Waals surface area contributed by atoms with Gasteiger partial charge in [0.2, 0.25) is 15.9 Å². The largest absolute Gasteiger partial charge is 0.369 e. The van der Waals surface area contributed by atoms with Crippen molar-refractivity contribution in [3.63, 3.8) is 0 Å². The van der Waals surface area contributed by atoms with E-state index in [1.165, 1.54) is 12.1 Å². The van der Waals surface area contributed by atoms with E-state index in [1.54, 1.807) is 13.8 Å². The molecule has 0 aliphatic heterocycles. The molecular formula is C14H19N3O5S. The third-order valence-corrected chi connectivity index (χ3v) is 5.77. The zero-order valence-electron chi connectivity index (χ0n) is 12.9. The third-order valence-electron chi connectivity index (χ3n) is 4.25. The number of carbonyl (C=O) groups excluding carboxylic acids is 1. The van der Waals surface area contributed by atoms with Crippen LogP contribution >= 0.6 is 0 Å². The van der Waals surface area contributed by atoms with E-state index in [0.29, 0.717) is 30.4 Å². The van der Waals surface area contributed by atoms with Gasteiger partial charge in [0.15, 0.2) is 4.90 Å². The topological polar surface area (TPSA) is 132 Å². The first kappa shape index (κ1) is 17.4. The Morgan fingerprint density at radius 3 is 2.48 bits per heavy atom. The van der Waals surface area contributed by atoms with Crippen LogP contribution in [-0.2, 0) is 14.8 Å². The molecule has 0 spiro atoms. The number of rotatable bonds is 5. The Morgan fingerprint density at radius 2 is 1.91 bits per heavy atom. The fourth-order valence-electron chi connectivity index (χ4n) is 2.84. The maximum absolute atomic E-state index is 12.6. The number of nitro groups is 1. The molecule has 1 aromatic carbocycles. The third kappa shape index (κ3) is 3.50. The Labute approximate surface area is 134 Å². The van der Waals surface area contributed by atoms with Crippen molar-refractivity contribution in [2.45, 2.75) is 44.0 Å². The lowest BCUT2D eigenvalue weighted by atomic mass is 10.0. The number of hydrogen-bond donors (Lipinski definition) is 2. The second kappa shape index (κ2) is 6.25. The summed E-state index contributed by atoms with van der Waals surface area (Å²) < 4.78 is 27.6. The Morgan fingerprint density at radius 1 is 1.30 bits per heavy atom. The molecule has 1 aromatic rings. The van der Waals surface area contributed by atoms with Crippen molar-refractivity contribution < 1.29 is 18.1 Å². The molecule has 3 N–H and O–H groups in total. The first-order valence-corrected chi connectivity index (χ1v) is 8.69. The van der Waals surface area contributed by atoms with Crippen LogP contribution in [0.5, 0.6) is 0 Å². The van der Waals surface area contributed by atoms with E-state index in [0.717, 1.165) is 0 Å². The number of benzene rings is 1. The molecule has 0 saturated heterocycles. The number of nitro benzene ring substituents is 1. The van der Waals surface area contributed by atoms with Crippen molar-refractivity contribution in [3.05, 3.63) is 33.4 Å². The van der Waals surface area contributed by atoms with Crippen molar-refractivity contribution in [1.82, 2.24) is 4.72 Å². The number of nitrogens with zero attached hydrogens (tertiary/aromatic N) is 1. The summed E-state index contributed by atoms with van der Waals surface area (Å²) in [6.07, 6.45) is 1.67. The minimum Gasteiger partial charge on any atom is -0.369 e. The highest BCUT2D eigenvalue weighted by atomic mass is 32.2. The van der Waals surface area contributed by atoms with Crippen LogP contribution in [0, 0.1) is 29.9 Å². The summed E-state index contributed by atoms with van der Waals surface area (Å²) in [4.78, 5) is 21.5. The molecule has 1 amide bonds. The van der Waals surface area contributed by atoms with E-state index >= 15 is 0 Å². The summed E-state index contributed by atoms with van der Waals surface area (Å²) in [5.74, 6) is -1.15. The van der Waals surface area contributed by atoms with Crippen LogP contribution in [0.15, 0.2) is 17.0 Å². The molecule has 126 valence electrons. The number of hydrogen-bond acceptors (Lipinski definition) is 5. The average molecular weight is 341 g/mol. The molecule has 0 heterocycles. The summed E-state index contributed by atoms with van der Waals surface area (Å²) in [6, 6.07) is 1.90. The van der Waals surface area contributed by atoms with E-state index in [-0.39, 0.29) is 4.90 Å². The number of amides is 1. The van der Waals surface area contributed by atoms with Gasteiger partial charge in [-0.1, -0.05) is 6.42 Å². The van der Waals surface area contributed by atoms with Gasteiger partial charge in [0.05, 0.1) is 10.8 Å². The minimum atomic E-state index is -4.12. The summed E-state index contributed by atoms with van der Waals surface area (Å²) in [6.45, 7) is 3.35. The lowest BCUT2D eigenvalue weighted by Crippen LogP contribution is -2.42. The molecule has 1 fully saturated rings. The van der Waals surface area contributed by atoms with E-state index < -0.39 is 38.5 Å². The predicted octanol–water partition coefficient (Wildman–Crippen LogP) is 1.14. The van der Waals surface area contributed by atoms with E-state index in [2.05, 4.69) is 4.72 Å². The fraction of sp³-hybridized carbons (Fsp3) is 0.500. The van der Waals surface area contributed by atoms with Gasteiger partial charge < -0.3 is 5.73 Å². The zero-order chi connectivity index (χ0) is 17.4. The van der Waals surface area contributed by atoms with Gasteiger partial charge in [-0.3, -0.25) is 14.9 Å². The van der Waals surface area contributed by atoms with Crippen LogP contribution in [0.25, 0.3) is 0 Å². The van der Waals surface area contributed by atoms with Gasteiger partial charge in [-0.2, -0.15) is 0 Å². The fourth-order valence-corrected chi connectivity index (χ4v) is 4.39. The molecule has 8 nitrogen and oxygen atoms in total. The van der Waals surface area contributed by atoms with Crippen LogP contribution in [0.1, 0.15) is 30.4 Å². The smallest absolute Gasteiger partial charge is 0.289 e. The van der Waals surface area contributed by atoms with Crippen molar-refractivity contribution in [2.24, 2.45) is 11.7 Å². The molecule has 1 saturated carbocycles. The molecule has 0 radical (unpaired) electrons. The van der Waals surface area contributed by atoms with Crippen LogP contribution in [0.4, 0.5) is 5.69 Å². The predicted molar refractivity (Wildman–Crippen MR) is 83.2 cm³/mol. The molecule has 2 rings (SSSR count). The average Bonchev–Trinajstić information content (AvgIpc) is 2.88. The quantitative estimate of drug-likeness (QED) is 0.612. The molecule has 0 unspecified atom stereocenters. The van der Waals surface area contributed by atoms with Gasteiger partial charge >= 0.3 is 0 Å². The molecule has 2 atom stereocenters. The summed E-state index contributed by atoms with van der Waals surface area (Å²) in [5, 5.41) is 11.2. The van der Waals surface area contributed by atoms with Crippen molar-refractivity contribution in [3.8, 4) is 0 Å². The number of primary amides is 1. The Balaban J connectivity index is 2.42. The Kier molecular flexibility index (Phi) is 4.71. The van der Waals surface area contributed by atoms with Gasteiger partial charge in [-0.05, 0) is 43.9 Å². The normalized spacial score (nSPS) is 21.3. The molecule has 1 aliphatic carbocycles. The van der Waals surface area contributed by atoms with E-state index in [1.807, 2.05) is 0 Å². The summed E-state index contributed by atoms with van der Waals surface area (Å²) in [5.41, 5.74) is 6.07. The maximum atomic E-state index is 12.6. The monoisotopic (exact) mass is 341 g/mol. The van der Waals surface area contributed by atoms with Crippen LogP contribution in [0.3, 0.4) is 0 Å². The number of carbonyl (C=O) groups is 1. The SMILES string of the molecule is Cc1cc([N+](=O)[O-])c(S(=O)(=O)N[C@@H]2CCC[C@H]2C(N)=O)cc1C. The second-order valence-corrected chi connectivity index (χ2v) is 7.51. The molecule has 0 aromatic heterocycles. The van der Waals surface area contributed by atoms with E-state index in [9.17, 15) is 23.3 Å². The molecule has 1 aliphatic rings. The highest BCUT2D eigenvalue weighted by Crippen LogP contribution is 2.30. The van der Waals surface area contributed by atoms with Crippen molar-refractivity contribution >= 4 is 21.6 Å². The Bertz CT molecular complexity index is 760. The van der Waals surface area contributed by atoms with Crippen molar-refractivity contribution in [2.75, 3.05) is 0 Å². The standard InChI is InChI=1S/C14H19N3O5S/c1-8-6-12(17(19)20)13(7-9(8)2)23(21,22)16-11-5-3-4-10(11)14(15)18/h6-7,10-11,16H,3-5H2,1-2H3,(H2,15,18)/t10-,11-/m1/s1. The zero-order valence-corrected chi connectivity index (χ0v) is 13.7. The van der Waals surface area contributed by atoms with Crippen LogP contribution in [0.2, 0.25) is 0 Å². The molecular weight excluding hydrogens is 322 g/mol. The first-order chi connectivity index (χ1) is 10.6. The van der Waals surface area contributed by atoms with Gasteiger partial charge in [-0.25, -0.2) is 13.1 Å². The van der Waals surface area contributed by atoms with Gasteiger partial charge in [0, 0.05) is 12.1 Å². The van der Waals surface area contributed by atoms with E-state index in [4.69, 9.17) is 5.73 Å². The van der Waals surface area contributed by atoms with Gasteiger partial charge in [0.25, 0.3) is 5.69 Å². The molecule has 0 bridgehead atoms. The summed E-state index contributed by atoms with van der Waals surface area (Å²) in [7, 11) is -4.12.